The van der Waals surface area contributed by atoms with Gasteiger partial charge in [0.15, 0.2) is 0 Å². The zero-order chi connectivity index (χ0) is 16.8. The number of aromatic nitrogens is 2. The second kappa shape index (κ2) is 7.48. The highest BCUT2D eigenvalue weighted by molar-refractivity contribution is 6.31. The van der Waals surface area contributed by atoms with Crippen LogP contribution in [0.2, 0.25) is 5.02 Å². The number of carbonyl (C=O) groups is 1. The van der Waals surface area contributed by atoms with Crippen molar-refractivity contribution in [2.75, 3.05) is 0 Å². The maximum atomic E-state index is 12.1. The zero-order valence-electron chi connectivity index (χ0n) is 12.5. The first-order chi connectivity index (χ1) is 11.7. The molecule has 0 spiro atoms. The molecule has 3 aromatic rings. The van der Waals surface area contributed by atoms with Gasteiger partial charge in [0, 0.05) is 29.8 Å². The van der Waals surface area contributed by atoms with Gasteiger partial charge in [0.1, 0.15) is 5.75 Å². The fourth-order valence-electron chi connectivity index (χ4n) is 1.95. The highest BCUT2D eigenvalue weighted by Gasteiger charge is 2.09. The Labute approximate surface area is 143 Å². The van der Waals surface area contributed by atoms with Gasteiger partial charge < -0.3 is 4.74 Å². The van der Waals surface area contributed by atoms with Gasteiger partial charge in [-0.05, 0) is 48.0 Å². The predicted molar refractivity (Wildman–Crippen MR) is 92.1 cm³/mol. The standard InChI is InChI=1S/C18H12ClN3O2/c19-15-7-13(10-22-16-4-2-6-21-12-16)8-17(9-15)24-18(23)14-3-1-5-20-11-14/h1-12H. The van der Waals surface area contributed by atoms with E-state index >= 15 is 0 Å². The third-order valence-electron chi connectivity index (χ3n) is 3.01. The van der Waals surface area contributed by atoms with E-state index in [2.05, 4.69) is 15.0 Å². The normalized spacial score (nSPS) is 10.7. The average molecular weight is 338 g/mol. The molecular weight excluding hydrogens is 326 g/mol. The molecule has 0 unspecified atom stereocenters. The maximum absolute atomic E-state index is 12.1. The third kappa shape index (κ3) is 4.24. The summed E-state index contributed by atoms with van der Waals surface area (Å²) >= 11 is 6.08. The Balaban J connectivity index is 1.79. The topological polar surface area (TPSA) is 64.4 Å². The summed E-state index contributed by atoms with van der Waals surface area (Å²) in [6.45, 7) is 0. The fraction of sp³-hybridized carbons (Fsp3) is 0. The monoisotopic (exact) mass is 337 g/mol. The van der Waals surface area contributed by atoms with Crippen molar-refractivity contribution in [3.8, 4) is 5.75 Å². The number of ether oxygens (including phenoxy) is 1. The molecule has 2 heterocycles. The quantitative estimate of drug-likeness (QED) is 0.408. The average Bonchev–Trinajstić information content (AvgIpc) is 2.61. The van der Waals surface area contributed by atoms with Crippen molar-refractivity contribution >= 4 is 29.5 Å². The van der Waals surface area contributed by atoms with Crippen molar-refractivity contribution in [2.45, 2.75) is 0 Å². The molecule has 2 aromatic heterocycles. The summed E-state index contributed by atoms with van der Waals surface area (Å²) in [5.74, 6) is -0.162. The summed E-state index contributed by atoms with van der Waals surface area (Å²) in [5.41, 5.74) is 1.79. The number of rotatable bonds is 4. The molecule has 0 saturated heterocycles. The van der Waals surface area contributed by atoms with Crippen LogP contribution in [-0.2, 0) is 0 Å². The number of pyridine rings is 2. The van der Waals surface area contributed by atoms with Crippen LogP contribution in [0.25, 0.3) is 0 Å². The summed E-state index contributed by atoms with van der Waals surface area (Å²) in [6, 6.07) is 11.9. The lowest BCUT2D eigenvalue weighted by Crippen LogP contribution is -2.08. The molecule has 0 aliphatic carbocycles. The Bertz CT molecular complexity index is 868. The van der Waals surface area contributed by atoms with E-state index in [1.54, 1.807) is 61.2 Å². The summed E-state index contributed by atoms with van der Waals surface area (Å²) in [4.78, 5) is 24.2. The van der Waals surface area contributed by atoms with Gasteiger partial charge in [-0.3, -0.25) is 15.0 Å². The molecular formula is C18H12ClN3O2. The van der Waals surface area contributed by atoms with Crippen LogP contribution < -0.4 is 4.74 Å². The van der Waals surface area contributed by atoms with Gasteiger partial charge in [-0.15, -0.1) is 0 Å². The van der Waals surface area contributed by atoms with E-state index in [0.717, 1.165) is 0 Å². The molecule has 6 heteroatoms. The Kier molecular flexibility index (Phi) is 4.93. The van der Waals surface area contributed by atoms with E-state index in [1.165, 1.54) is 6.20 Å². The Morgan fingerprint density at radius 2 is 1.88 bits per heavy atom. The second-order valence-electron chi connectivity index (χ2n) is 4.82. The molecule has 5 nitrogen and oxygen atoms in total. The van der Waals surface area contributed by atoms with Crippen molar-refractivity contribution in [3.63, 3.8) is 0 Å². The molecule has 0 aliphatic heterocycles. The summed E-state index contributed by atoms with van der Waals surface area (Å²) in [6.07, 6.45) is 7.98. The van der Waals surface area contributed by atoms with Crippen LogP contribution in [-0.4, -0.2) is 22.2 Å². The van der Waals surface area contributed by atoms with Crippen LogP contribution in [0, 0.1) is 0 Å². The largest absolute Gasteiger partial charge is 0.423 e. The van der Waals surface area contributed by atoms with Crippen LogP contribution in [0.4, 0.5) is 5.69 Å². The smallest absolute Gasteiger partial charge is 0.345 e. The number of halogens is 1. The number of carbonyl (C=O) groups excluding carboxylic acids is 1. The summed E-state index contributed by atoms with van der Waals surface area (Å²) in [5, 5.41) is 0.444. The molecule has 0 saturated carbocycles. The minimum Gasteiger partial charge on any atom is -0.423 e. The molecule has 0 amide bonds. The Morgan fingerprint density at radius 1 is 1.08 bits per heavy atom. The number of hydrogen-bond donors (Lipinski definition) is 0. The van der Waals surface area contributed by atoms with E-state index < -0.39 is 5.97 Å². The highest BCUT2D eigenvalue weighted by Crippen LogP contribution is 2.22. The maximum Gasteiger partial charge on any atom is 0.345 e. The molecule has 0 bridgehead atoms. The zero-order valence-corrected chi connectivity index (χ0v) is 13.2. The number of esters is 1. The van der Waals surface area contributed by atoms with E-state index in [4.69, 9.17) is 16.3 Å². The van der Waals surface area contributed by atoms with Gasteiger partial charge in [-0.1, -0.05) is 11.6 Å². The lowest BCUT2D eigenvalue weighted by atomic mass is 10.2. The molecule has 0 aliphatic rings. The van der Waals surface area contributed by atoms with Crippen LogP contribution in [0.3, 0.4) is 0 Å². The Hall–Kier alpha value is -3.05. The molecule has 118 valence electrons. The molecule has 1 aromatic carbocycles. The fourth-order valence-corrected chi connectivity index (χ4v) is 2.18. The minimum absolute atomic E-state index is 0.337. The summed E-state index contributed by atoms with van der Waals surface area (Å²) < 4.78 is 5.34. The molecule has 0 radical (unpaired) electrons. The number of hydrogen-bond acceptors (Lipinski definition) is 5. The van der Waals surface area contributed by atoms with E-state index in [1.807, 2.05) is 6.07 Å². The van der Waals surface area contributed by atoms with E-state index in [9.17, 15) is 4.79 Å². The lowest BCUT2D eigenvalue weighted by Gasteiger charge is -2.05. The van der Waals surface area contributed by atoms with Crippen LogP contribution in [0.5, 0.6) is 5.75 Å². The Morgan fingerprint density at radius 3 is 2.58 bits per heavy atom. The third-order valence-corrected chi connectivity index (χ3v) is 3.23. The number of aliphatic imine (C=N–C) groups is 1. The van der Waals surface area contributed by atoms with Gasteiger partial charge in [0.05, 0.1) is 17.4 Å². The van der Waals surface area contributed by atoms with Crippen molar-refractivity contribution < 1.29 is 9.53 Å². The van der Waals surface area contributed by atoms with Crippen LogP contribution >= 0.6 is 11.6 Å². The SMILES string of the molecule is O=C(Oc1cc(Cl)cc(C=Nc2cccnc2)c1)c1cccnc1. The molecule has 0 fully saturated rings. The van der Waals surface area contributed by atoms with Gasteiger partial charge >= 0.3 is 5.97 Å². The van der Waals surface area contributed by atoms with Gasteiger partial charge in [-0.25, -0.2) is 4.79 Å². The highest BCUT2D eigenvalue weighted by atomic mass is 35.5. The van der Waals surface area contributed by atoms with E-state index in [-0.39, 0.29) is 0 Å². The van der Waals surface area contributed by atoms with E-state index in [0.29, 0.717) is 27.6 Å². The molecule has 0 atom stereocenters. The molecule has 0 N–H and O–H groups in total. The summed E-state index contributed by atoms with van der Waals surface area (Å²) in [7, 11) is 0. The van der Waals surface area contributed by atoms with Crippen LogP contribution in [0.1, 0.15) is 15.9 Å². The first-order valence-electron chi connectivity index (χ1n) is 7.07. The predicted octanol–water partition coefficient (Wildman–Crippen LogP) is 4.10. The van der Waals surface area contributed by atoms with Gasteiger partial charge in [0.2, 0.25) is 0 Å². The van der Waals surface area contributed by atoms with Crippen molar-refractivity contribution in [1.29, 1.82) is 0 Å². The van der Waals surface area contributed by atoms with Crippen molar-refractivity contribution in [2.24, 2.45) is 4.99 Å². The van der Waals surface area contributed by atoms with Crippen molar-refractivity contribution in [3.05, 3.63) is 83.4 Å². The van der Waals surface area contributed by atoms with Crippen LogP contribution in [0.15, 0.2) is 72.2 Å². The van der Waals surface area contributed by atoms with Crippen molar-refractivity contribution in [1.82, 2.24) is 9.97 Å². The van der Waals surface area contributed by atoms with Gasteiger partial charge in [-0.2, -0.15) is 0 Å². The molecule has 24 heavy (non-hydrogen) atoms. The number of nitrogens with zero attached hydrogens (tertiary/aromatic N) is 3. The molecule has 3 rings (SSSR count). The minimum atomic E-state index is -0.500. The van der Waals surface area contributed by atoms with Gasteiger partial charge in [0.25, 0.3) is 0 Å². The first kappa shape index (κ1) is 15.8. The lowest BCUT2D eigenvalue weighted by molar-refractivity contribution is 0.0734. The number of benzene rings is 1. The first-order valence-corrected chi connectivity index (χ1v) is 7.45. The second-order valence-corrected chi connectivity index (χ2v) is 5.26.